The molecule has 2 aromatic heterocycles. The van der Waals surface area contributed by atoms with Crippen LogP contribution in [0.3, 0.4) is 0 Å². The summed E-state index contributed by atoms with van der Waals surface area (Å²) >= 11 is 5.78. The average molecular weight is 425 g/mol. The maximum atomic E-state index is 8.98. The third-order valence-electron chi connectivity index (χ3n) is 2.70. The predicted octanol–water partition coefficient (Wildman–Crippen LogP) is 3.64. The van der Waals surface area contributed by atoms with E-state index in [4.69, 9.17) is 5.26 Å². The Labute approximate surface area is 131 Å². The molecule has 0 atom stereocenters. The van der Waals surface area contributed by atoms with Crippen molar-refractivity contribution in [3.63, 3.8) is 0 Å². The summed E-state index contributed by atoms with van der Waals surface area (Å²) in [7, 11) is 0. The van der Waals surface area contributed by atoms with Gasteiger partial charge in [-0.2, -0.15) is 5.26 Å². The monoisotopic (exact) mass is 424 g/mol. The van der Waals surface area contributed by atoms with Gasteiger partial charge in [-0.1, -0.05) is 15.9 Å². The van der Waals surface area contributed by atoms with Gasteiger partial charge in [-0.05, 0) is 52.9 Å². The van der Waals surface area contributed by atoms with E-state index in [-0.39, 0.29) is 0 Å². The molecule has 0 N–H and O–H groups in total. The molecular weight excluding hydrogens is 419 g/mol. The van der Waals surface area contributed by atoms with Gasteiger partial charge in [-0.15, -0.1) is 10.2 Å². The smallest absolute Gasteiger partial charge is 0.169 e. The first kappa shape index (κ1) is 12.6. The molecule has 0 aliphatic carbocycles. The van der Waals surface area contributed by atoms with Crippen molar-refractivity contribution in [2.24, 2.45) is 0 Å². The Morgan fingerprint density at radius 1 is 1.21 bits per heavy atom. The van der Waals surface area contributed by atoms with Crippen molar-refractivity contribution in [2.45, 2.75) is 0 Å². The summed E-state index contributed by atoms with van der Waals surface area (Å²) in [5, 5.41) is 17.3. The molecule has 0 spiro atoms. The van der Waals surface area contributed by atoms with E-state index in [1.165, 1.54) is 0 Å². The molecular formula is C13H6BrIN4. The summed E-state index contributed by atoms with van der Waals surface area (Å²) in [5.41, 5.74) is 2.25. The Hall–Kier alpha value is -1.46. The van der Waals surface area contributed by atoms with Crippen LogP contribution in [0.2, 0.25) is 0 Å². The lowest BCUT2D eigenvalue weighted by Crippen LogP contribution is -1.92. The molecule has 19 heavy (non-hydrogen) atoms. The van der Waals surface area contributed by atoms with Crippen molar-refractivity contribution in [2.75, 3.05) is 0 Å². The van der Waals surface area contributed by atoms with Crippen molar-refractivity contribution in [1.82, 2.24) is 14.6 Å². The number of hydrogen-bond acceptors (Lipinski definition) is 3. The summed E-state index contributed by atoms with van der Waals surface area (Å²) in [4.78, 5) is 0. The van der Waals surface area contributed by atoms with Crippen LogP contribution in [0.1, 0.15) is 5.56 Å². The second-order valence-electron chi connectivity index (χ2n) is 3.91. The predicted molar refractivity (Wildman–Crippen MR) is 83.6 cm³/mol. The van der Waals surface area contributed by atoms with Gasteiger partial charge in [0.1, 0.15) is 6.07 Å². The van der Waals surface area contributed by atoms with Gasteiger partial charge < -0.3 is 0 Å². The van der Waals surface area contributed by atoms with E-state index in [0.29, 0.717) is 5.56 Å². The number of nitrogens with zero attached hydrogens (tertiary/aromatic N) is 4. The summed E-state index contributed by atoms with van der Waals surface area (Å²) < 4.78 is 3.89. The number of pyridine rings is 1. The van der Waals surface area contributed by atoms with Gasteiger partial charge in [-0.25, -0.2) is 0 Å². The largest absolute Gasteiger partial charge is 0.281 e. The van der Waals surface area contributed by atoms with Crippen molar-refractivity contribution in [1.29, 1.82) is 5.26 Å². The van der Waals surface area contributed by atoms with Crippen LogP contribution in [0.4, 0.5) is 0 Å². The van der Waals surface area contributed by atoms with Crippen LogP contribution in [0, 0.1) is 14.9 Å². The fourth-order valence-corrected chi connectivity index (χ4v) is 2.72. The Balaban J connectivity index is 2.31. The highest BCUT2D eigenvalue weighted by atomic mass is 127. The Kier molecular flexibility index (Phi) is 3.24. The molecule has 0 amide bonds. The number of benzene rings is 1. The Bertz CT molecular complexity index is 819. The van der Waals surface area contributed by atoms with E-state index < -0.39 is 0 Å². The van der Waals surface area contributed by atoms with Crippen molar-refractivity contribution in [3.05, 3.63) is 50.1 Å². The van der Waals surface area contributed by atoms with Gasteiger partial charge in [0.2, 0.25) is 0 Å². The molecule has 4 nitrogen and oxygen atoms in total. The standard InChI is InChI=1S/C13H6BrIN4/c14-11-3-2-9(15)5-10(11)13-18-17-12-4-1-8(6-16)7-19(12)13/h1-5,7H. The maximum absolute atomic E-state index is 8.98. The topological polar surface area (TPSA) is 54.0 Å². The molecule has 0 radical (unpaired) electrons. The number of hydrogen-bond donors (Lipinski definition) is 0. The molecule has 0 aliphatic heterocycles. The zero-order valence-electron chi connectivity index (χ0n) is 9.51. The molecule has 2 heterocycles. The number of fused-ring (bicyclic) bond motifs is 1. The minimum atomic E-state index is 0.579. The van der Waals surface area contributed by atoms with E-state index in [1.807, 2.05) is 22.6 Å². The van der Waals surface area contributed by atoms with E-state index in [1.54, 1.807) is 18.3 Å². The van der Waals surface area contributed by atoms with Crippen molar-refractivity contribution in [3.8, 4) is 17.5 Å². The van der Waals surface area contributed by atoms with Gasteiger partial charge in [0.05, 0.1) is 5.56 Å². The molecule has 92 valence electrons. The molecule has 3 rings (SSSR count). The highest BCUT2D eigenvalue weighted by Crippen LogP contribution is 2.29. The molecule has 6 heteroatoms. The minimum Gasteiger partial charge on any atom is -0.281 e. The van der Waals surface area contributed by atoms with Gasteiger partial charge >= 0.3 is 0 Å². The summed E-state index contributed by atoms with van der Waals surface area (Å²) in [6, 6.07) is 11.7. The van der Waals surface area contributed by atoms with E-state index in [2.05, 4.69) is 54.8 Å². The van der Waals surface area contributed by atoms with Crippen LogP contribution in [0.5, 0.6) is 0 Å². The van der Waals surface area contributed by atoms with Crippen molar-refractivity contribution >= 4 is 44.2 Å². The molecule has 0 unspecified atom stereocenters. The lowest BCUT2D eigenvalue weighted by molar-refractivity contribution is 1.11. The molecule has 0 bridgehead atoms. The maximum Gasteiger partial charge on any atom is 0.169 e. The van der Waals surface area contributed by atoms with Crippen LogP contribution in [0.15, 0.2) is 41.0 Å². The van der Waals surface area contributed by atoms with Crippen LogP contribution >= 0.6 is 38.5 Å². The Morgan fingerprint density at radius 3 is 2.84 bits per heavy atom. The Morgan fingerprint density at radius 2 is 2.05 bits per heavy atom. The third-order valence-corrected chi connectivity index (χ3v) is 4.06. The summed E-state index contributed by atoms with van der Waals surface area (Å²) in [6.07, 6.45) is 1.75. The van der Waals surface area contributed by atoms with E-state index in [9.17, 15) is 0 Å². The summed E-state index contributed by atoms with van der Waals surface area (Å²) in [6.45, 7) is 0. The van der Waals surface area contributed by atoms with Crippen molar-refractivity contribution < 1.29 is 0 Å². The first-order chi connectivity index (χ1) is 9.19. The zero-order chi connectivity index (χ0) is 13.4. The number of halogens is 2. The normalized spacial score (nSPS) is 10.6. The average Bonchev–Trinajstić information content (AvgIpc) is 2.84. The second-order valence-corrected chi connectivity index (χ2v) is 6.01. The van der Waals surface area contributed by atoms with Crippen LogP contribution < -0.4 is 0 Å². The molecule has 3 aromatic rings. The second kappa shape index (κ2) is 4.90. The van der Waals surface area contributed by atoms with Crippen LogP contribution in [-0.2, 0) is 0 Å². The summed E-state index contributed by atoms with van der Waals surface area (Å²) in [5.74, 6) is 0.720. The fraction of sp³-hybridized carbons (Fsp3) is 0. The molecule has 0 saturated heterocycles. The lowest BCUT2D eigenvalue weighted by atomic mass is 10.2. The van der Waals surface area contributed by atoms with Gasteiger partial charge in [0.15, 0.2) is 11.5 Å². The number of aromatic nitrogens is 3. The molecule has 1 aromatic carbocycles. The van der Waals surface area contributed by atoms with Crippen LogP contribution in [-0.4, -0.2) is 14.6 Å². The first-order valence-electron chi connectivity index (χ1n) is 5.39. The quantitative estimate of drug-likeness (QED) is 0.560. The number of rotatable bonds is 1. The van der Waals surface area contributed by atoms with Gasteiger partial charge in [0, 0.05) is 19.8 Å². The lowest BCUT2D eigenvalue weighted by Gasteiger charge is -2.04. The number of nitriles is 1. The SMILES string of the molecule is N#Cc1ccc2nnc(-c3cc(I)ccc3Br)n2c1. The fourth-order valence-electron chi connectivity index (χ4n) is 1.81. The molecule has 0 aliphatic rings. The highest BCUT2D eigenvalue weighted by Gasteiger charge is 2.12. The highest BCUT2D eigenvalue weighted by molar-refractivity contribution is 14.1. The van der Waals surface area contributed by atoms with Gasteiger partial charge in [-0.3, -0.25) is 4.40 Å². The van der Waals surface area contributed by atoms with Crippen LogP contribution in [0.25, 0.3) is 17.0 Å². The van der Waals surface area contributed by atoms with E-state index in [0.717, 1.165) is 25.1 Å². The minimum absolute atomic E-state index is 0.579. The molecule has 0 fully saturated rings. The third kappa shape index (κ3) is 2.24. The van der Waals surface area contributed by atoms with Gasteiger partial charge in [0.25, 0.3) is 0 Å². The molecule has 0 saturated carbocycles. The first-order valence-corrected chi connectivity index (χ1v) is 7.26. The van der Waals surface area contributed by atoms with E-state index >= 15 is 0 Å². The zero-order valence-corrected chi connectivity index (χ0v) is 13.3.